The lowest BCUT2D eigenvalue weighted by Gasteiger charge is -2.02. The van der Waals surface area contributed by atoms with Gasteiger partial charge in [0, 0.05) is 0 Å². The van der Waals surface area contributed by atoms with Crippen LogP contribution in [-0.2, 0) is 0 Å². The van der Waals surface area contributed by atoms with Gasteiger partial charge in [-0.2, -0.15) is 0 Å². The molecule has 2 nitrogen and oxygen atoms in total. The molecule has 0 atom stereocenters. The van der Waals surface area contributed by atoms with Gasteiger partial charge in [-0.3, -0.25) is 4.79 Å². The number of halogens is 1. The first-order valence-electron chi connectivity index (χ1n) is 3.77. The quantitative estimate of drug-likeness (QED) is 0.740. The summed E-state index contributed by atoms with van der Waals surface area (Å²) in [5.41, 5.74) is 6.26. The number of rotatable bonds is 2. The van der Waals surface area contributed by atoms with Crippen molar-refractivity contribution in [3.63, 3.8) is 0 Å². The fraction of sp³-hybridized carbons (Fsp3) is 0.100. The van der Waals surface area contributed by atoms with E-state index in [1.807, 2.05) is 0 Å². The Hall–Kier alpha value is -1.64. The van der Waals surface area contributed by atoms with Crippen LogP contribution in [0.2, 0.25) is 0 Å². The molecule has 0 aliphatic heterocycles. The highest BCUT2D eigenvalue weighted by Gasteiger charge is 2.08. The summed E-state index contributed by atoms with van der Waals surface area (Å²) in [6.07, 6.45) is 0. The third kappa shape index (κ3) is 1.93. The Morgan fingerprint density at radius 3 is 2.54 bits per heavy atom. The van der Waals surface area contributed by atoms with Gasteiger partial charge in [-0.1, -0.05) is 18.2 Å². The monoisotopic (exact) mass is 179 g/mol. The van der Waals surface area contributed by atoms with Crippen molar-refractivity contribution >= 4 is 11.5 Å². The Kier molecular flexibility index (Phi) is 2.46. The molecule has 0 radical (unpaired) electrons. The SMILES string of the molecule is C=C(C)c1ccc(C(N)=O)c(F)c1. The van der Waals surface area contributed by atoms with E-state index in [0.717, 1.165) is 5.57 Å². The number of carbonyl (C=O) groups excluding carboxylic acids is 1. The second-order valence-electron chi connectivity index (χ2n) is 2.84. The minimum Gasteiger partial charge on any atom is -0.366 e. The Morgan fingerprint density at radius 2 is 2.15 bits per heavy atom. The summed E-state index contributed by atoms with van der Waals surface area (Å²) in [5, 5.41) is 0. The molecule has 0 saturated heterocycles. The number of nitrogens with two attached hydrogens (primary N) is 1. The molecular weight excluding hydrogens is 169 g/mol. The van der Waals surface area contributed by atoms with Gasteiger partial charge in [0.1, 0.15) is 5.82 Å². The molecule has 13 heavy (non-hydrogen) atoms. The second kappa shape index (κ2) is 3.39. The van der Waals surface area contributed by atoms with Crippen molar-refractivity contribution in [2.45, 2.75) is 6.92 Å². The van der Waals surface area contributed by atoms with Crippen molar-refractivity contribution < 1.29 is 9.18 Å². The molecule has 0 unspecified atom stereocenters. The lowest BCUT2D eigenvalue weighted by molar-refractivity contribution is 0.0996. The van der Waals surface area contributed by atoms with Gasteiger partial charge in [0.25, 0.3) is 5.91 Å². The molecule has 0 aliphatic carbocycles. The van der Waals surface area contributed by atoms with Crippen LogP contribution in [0.1, 0.15) is 22.8 Å². The van der Waals surface area contributed by atoms with Crippen LogP contribution in [0.15, 0.2) is 24.8 Å². The summed E-state index contributed by atoms with van der Waals surface area (Å²) in [7, 11) is 0. The molecule has 0 saturated carbocycles. The summed E-state index contributed by atoms with van der Waals surface area (Å²) < 4.78 is 13.1. The lowest BCUT2D eigenvalue weighted by atomic mass is 10.1. The molecule has 0 aromatic heterocycles. The first kappa shape index (κ1) is 9.45. The highest BCUT2D eigenvalue weighted by atomic mass is 19.1. The van der Waals surface area contributed by atoms with Crippen molar-refractivity contribution in [2.24, 2.45) is 5.73 Å². The minimum atomic E-state index is -0.759. The molecule has 0 aliphatic rings. The molecule has 1 aromatic rings. The molecule has 0 bridgehead atoms. The second-order valence-corrected chi connectivity index (χ2v) is 2.84. The van der Waals surface area contributed by atoms with Gasteiger partial charge in [0.15, 0.2) is 0 Å². The summed E-state index contributed by atoms with van der Waals surface area (Å²) in [6.45, 7) is 5.42. The Balaban J connectivity index is 3.20. The van der Waals surface area contributed by atoms with Crippen molar-refractivity contribution in [2.75, 3.05) is 0 Å². The smallest absolute Gasteiger partial charge is 0.251 e. The molecule has 1 amide bonds. The Morgan fingerprint density at radius 1 is 1.54 bits per heavy atom. The van der Waals surface area contributed by atoms with E-state index in [0.29, 0.717) is 5.56 Å². The van der Waals surface area contributed by atoms with Crippen LogP contribution in [0.3, 0.4) is 0 Å². The van der Waals surface area contributed by atoms with Crippen LogP contribution < -0.4 is 5.73 Å². The first-order chi connectivity index (χ1) is 6.02. The molecule has 3 heteroatoms. The Labute approximate surface area is 75.9 Å². The summed E-state index contributed by atoms with van der Waals surface area (Å²) in [6, 6.07) is 4.23. The maximum absolute atomic E-state index is 13.1. The third-order valence-corrected chi connectivity index (χ3v) is 1.73. The van der Waals surface area contributed by atoms with E-state index < -0.39 is 11.7 Å². The molecule has 1 rings (SSSR count). The van der Waals surface area contributed by atoms with Gasteiger partial charge in [-0.15, -0.1) is 0 Å². The molecular formula is C10H10FNO. The number of primary amides is 1. The van der Waals surface area contributed by atoms with E-state index >= 15 is 0 Å². The summed E-state index contributed by atoms with van der Waals surface area (Å²) in [5.74, 6) is -1.36. The van der Waals surface area contributed by atoms with E-state index in [-0.39, 0.29) is 5.56 Å². The molecule has 0 spiro atoms. The number of carbonyl (C=O) groups is 1. The number of amides is 1. The normalized spacial score (nSPS) is 9.69. The standard InChI is InChI=1S/C10H10FNO/c1-6(2)7-3-4-8(10(12)13)9(11)5-7/h3-5H,1H2,2H3,(H2,12,13). The van der Waals surface area contributed by atoms with E-state index in [1.165, 1.54) is 12.1 Å². The van der Waals surface area contributed by atoms with Gasteiger partial charge in [-0.25, -0.2) is 4.39 Å². The zero-order valence-corrected chi connectivity index (χ0v) is 7.30. The molecule has 2 N–H and O–H groups in total. The van der Waals surface area contributed by atoms with E-state index in [2.05, 4.69) is 6.58 Å². The minimum absolute atomic E-state index is 0.0926. The van der Waals surface area contributed by atoms with Gasteiger partial charge < -0.3 is 5.73 Å². The van der Waals surface area contributed by atoms with Gasteiger partial charge in [0.05, 0.1) is 5.56 Å². The summed E-state index contributed by atoms with van der Waals surface area (Å²) in [4.78, 5) is 10.7. The maximum Gasteiger partial charge on any atom is 0.251 e. The molecule has 68 valence electrons. The van der Waals surface area contributed by atoms with Crippen LogP contribution in [0.4, 0.5) is 4.39 Å². The zero-order valence-electron chi connectivity index (χ0n) is 7.30. The average Bonchev–Trinajstić information content (AvgIpc) is 2.03. The van der Waals surface area contributed by atoms with Crippen molar-refractivity contribution in [3.05, 3.63) is 41.7 Å². The van der Waals surface area contributed by atoms with Crippen molar-refractivity contribution in [1.82, 2.24) is 0 Å². The fourth-order valence-electron chi connectivity index (χ4n) is 0.980. The number of benzene rings is 1. The highest BCUT2D eigenvalue weighted by Crippen LogP contribution is 2.15. The van der Waals surface area contributed by atoms with Crippen LogP contribution in [-0.4, -0.2) is 5.91 Å². The van der Waals surface area contributed by atoms with E-state index in [9.17, 15) is 9.18 Å². The van der Waals surface area contributed by atoms with Gasteiger partial charge in [-0.05, 0) is 24.6 Å². The average molecular weight is 179 g/mol. The van der Waals surface area contributed by atoms with Crippen LogP contribution in [0.25, 0.3) is 5.57 Å². The predicted molar refractivity (Wildman–Crippen MR) is 49.6 cm³/mol. The van der Waals surface area contributed by atoms with Crippen LogP contribution >= 0.6 is 0 Å². The largest absolute Gasteiger partial charge is 0.366 e. The maximum atomic E-state index is 13.1. The third-order valence-electron chi connectivity index (χ3n) is 1.73. The zero-order chi connectivity index (χ0) is 10.0. The highest BCUT2D eigenvalue weighted by molar-refractivity contribution is 5.93. The van der Waals surface area contributed by atoms with Crippen LogP contribution in [0, 0.1) is 5.82 Å². The number of hydrogen-bond acceptors (Lipinski definition) is 1. The van der Waals surface area contributed by atoms with E-state index in [4.69, 9.17) is 5.73 Å². The topological polar surface area (TPSA) is 43.1 Å². The van der Waals surface area contributed by atoms with Crippen LogP contribution in [0.5, 0.6) is 0 Å². The molecule has 0 heterocycles. The van der Waals surface area contributed by atoms with Gasteiger partial charge >= 0.3 is 0 Å². The summed E-state index contributed by atoms with van der Waals surface area (Å²) >= 11 is 0. The number of allylic oxidation sites excluding steroid dienone is 1. The van der Waals surface area contributed by atoms with Gasteiger partial charge in [0.2, 0.25) is 0 Å². The lowest BCUT2D eigenvalue weighted by Crippen LogP contribution is -2.13. The van der Waals surface area contributed by atoms with Crippen molar-refractivity contribution in [3.8, 4) is 0 Å². The van der Waals surface area contributed by atoms with Crippen molar-refractivity contribution in [1.29, 1.82) is 0 Å². The Bertz CT molecular complexity index is 371. The molecule has 1 aromatic carbocycles. The first-order valence-corrected chi connectivity index (χ1v) is 3.77. The number of hydrogen-bond donors (Lipinski definition) is 1. The molecule has 0 fully saturated rings. The fourth-order valence-corrected chi connectivity index (χ4v) is 0.980. The van der Waals surface area contributed by atoms with E-state index in [1.54, 1.807) is 13.0 Å². The predicted octanol–water partition coefficient (Wildman–Crippen LogP) is 1.96.